The number of benzene rings is 1. The fourth-order valence-electron chi connectivity index (χ4n) is 10.3. The van der Waals surface area contributed by atoms with E-state index in [-0.39, 0.29) is 130 Å². The second-order valence-corrected chi connectivity index (χ2v) is 20.1. The first-order chi connectivity index (χ1) is 31.5. The fraction of sp³-hybridized carbons (Fsp3) is 0.531. The number of hydrogen-bond acceptors (Lipinski definition) is 11. The highest BCUT2D eigenvalue weighted by Crippen LogP contribution is 2.42. The Hall–Kier alpha value is -3.55. The lowest BCUT2D eigenvalue weighted by Gasteiger charge is -2.48. The van der Waals surface area contributed by atoms with Crippen LogP contribution in [0.5, 0.6) is 0 Å². The molecule has 3 aromatic heterocycles. The molecule has 3 fully saturated rings. The maximum Gasteiger partial charge on any atom is 0.324 e. The lowest BCUT2D eigenvalue weighted by Crippen LogP contribution is -2.68. The molecule has 6 atom stereocenters. The van der Waals surface area contributed by atoms with E-state index < -0.39 is 41.3 Å². The molecule has 2 N–H and O–H groups in total. The van der Waals surface area contributed by atoms with Crippen molar-refractivity contribution in [3.63, 3.8) is 0 Å². The van der Waals surface area contributed by atoms with Crippen molar-refractivity contribution in [1.82, 2.24) is 45.0 Å². The van der Waals surface area contributed by atoms with Crippen molar-refractivity contribution in [3.8, 4) is 22.5 Å². The van der Waals surface area contributed by atoms with E-state index in [0.29, 0.717) is 56.9 Å². The Labute approximate surface area is 469 Å². The summed E-state index contributed by atoms with van der Waals surface area (Å²) >= 11 is 1.41. The number of rotatable bonds is 9. The van der Waals surface area contributed by atoms with E-state index in [1.807, 2.05) is 32.2 Å². The number of carbonyl (C=O) groups is 5. The van der Waals surface area contributed by atoms with Crippen LogP contribution in [0.15, 0.2) is 54.6 Å². The Bertz CT molecular complexity index is 2560. The molecular weight excluding hydrogens is 1050 g/mol. The summed E-state index contributed by atoms with van der Waals surface area (Å²) in [7, 11) is 3.29. The number of methoxy groups -OCH3 is 1. The predicted octanol–water partition coefficient (Wildman–Crippen LogP) is 6.43. The Morgan fingerprint density at radius 3 is 2.43 bits per heavy atom. The zero-order valence-electron chi connectivity index (χ0n) is 42.3. The highest BCUT2D eigenvalue weighted by atomic mass is 32.1. The molecule has 3 saturated heterocycles. The maximum atomic E-state index is 14.6. The molecule has 4 aliphatic rings. The number of pyridine rings is 1. The number of cyclic esters (lactones) is 1. The van der Waals surface area contributed by atoms with Gasteiger partial charge >= 0.3 is 12.0 Å². The number of nitrogens with one attached hydrogen (secondary N) is 2. The van der Waals surface area contributed by atoms with Gasteiger partial charge in [-0.25, -0.2) is 15.2 Å². The molecule has 23 heteroatoms. The lowest BCUT2D eigenvalue weighted by molar-refractivity contribution is -0.155. The van der Waals surface area contributed by atoms with Crippen LogP contribution in [0, 0.1) is 11.3 Å². The number of carbonyl (C=O) groups excluding carboxylic acids is 5. The van der Waals surface area contributed by atoms with Gasteiger partial charge in [0.25, 0.3) is 5.91 Å². The van der Waals surface area contributed by atoms with Crippen molar-refractivity contribution >= 4 is 133 Å². The quantitative estimate of drug-likeness (QED) is 0.141. The third-order valence-corrected chi connectivity index (χ3v) is 14.6. The van der Waals surface area contributed by atoms with Gasteiger partial charge in [-0.1, -0.05) is 40.3 Å². The number of esters is 1. The Morgan fingerprint density at radius 2 is 1.76 bits per heavy atom. The number of aryl methyl sites for hydroxylation is 1. The topological polar surface area (TPSA) is 172 Å². The van der Waals surface area contributed by atoms with Gasteiger partial charge in [0, 0.05) is 85.8 Å². The van der Waals surface area contributed by atoms with E-state index in [9.17, 15) is 24.0 Å². The largest absolute Gasteiger partial charge is 0.464 e. The average Bonchev–Trinajstić information content (AvgIpc) is 3.99. The van der Waals surface area contributed by atoms with Crippen LogP contribution in [0.2, 0.25) is 0 Å². The third-order valence-electron chi connectivity index (χ3n) is 13.8. The molecule has 6 bridgehead atoms. The van der Waals surface area contributed by atoms with Crippen LogP contribution in [0.25, 0.3) is 33.4 Å². The van der Waals surface area contributed by atoms with Crippen LogP contribution in [0.1, 0.15) is 83.2 Å². The summed E-state index contributed by atoms with van der Waals surface area (Å²) in [6, 6.07) is 7.09. The zero-order chi connectivity index (χ0) is 47.2. The molecular formula is C49H75N9O7S7. The van der Waals surface area contributed by atoms with E-state index >= 15 is 0 Å². The van der Waals surface area contributed by atoms with Crippen LogP contribution < -0.4 is 10.7 Å². The number of fused-ring (bicyclic) bond motifs is 7. The molecule has 4 aliphatic heterocycles. The Balaban J connectivity index is 0.00000296. The monoisotopic (exact) mass is 1130 g/mol. The second kappa shape index (κ2) is 26.8. The van der Waals surface area contributed by atoms with Crippen molar-refractivity contribution < 1.29 is 33.4 Å². The molecule has 7 heterocycles. The SMILES string of the molecule is C=CC(=O)N1CC[C@H]2[C@@H]1CN2C(=O)N(C)[C@H](C(=O)N[C@H]1Cc2nc(cs2)-c2ccc3c(c2)c(c(-c2cccnc2[C@H](C)OC)n3CC)CC(C)(C)COC(=O)[C@@H]2CCCN(N2)C1=O)C(C)C.S.S.S.S.S.S. The first-order valence-electron chi connectivity index (χ1n) is 23.1. The number of likely N-dealkylation sites (tertiary alicyclic amines) is 2. The molecule has 8 rings (SSSR count). The molecule has 16 nitrogen and oxygen atoms in total. The number of thiazole rings is 1. The molecule has 5 amide bonds. The molecule has 4 aromatic rings. The molecule has 0 radical (unpaired) electrons. The minimum absolute atomic E-state index is 0. The van der Waals surface area contributed by atoms with Gasteiger partial charge in [0.15, 0.2) is 0 Å². The fourth-order valence-corrected chi connectivity index (χ4v) is 11.1. The summed E-state index contributed by atoms with van der Waals surface area (Å²) in [6.45, 7) is 17.7. The number of ether oxygens (including phenoxy) is 2. The highest BCUT2D eigenvalue weighted by molar-refractivity contribution is 7.60. The molecule has 0 aliphatic carbocycles. The Morgan fingerprint density at radius 1 is 1.04 bits per heavy atom. The van der Waals surface area contributed by atoms with Gasteiger partial charge in [-0.3, -0.25) is 29.2 Å². The van der Waals surface area contributed by atoms with Gasteiger partial charge in [-0.05, 0) is 81.4 Å². The first-order valence-corrected chi connectivity index (χ1v) is 24.0. The van der Waals surface area contributed by atoms with Gasteiger partial charge < -0.3 is 34.1 Å². The minimum Gasteiger partial charge on any atom is -0.464 e. The minimum atomic E-state index is -1.08. The number of hydrazine groups is 1. The number of amides is 5. The van der Waals surface area contributed by atoms with Gasteiger partial charge in [-0.2, -0.15) is 81.0 Å². The van der Waals surface area contributed by atoms with Gasteiger partial charge in [-0.15, -0.1) is 11.3 Å². The summed E-state index contributed by atoms with van der Waals surface area (Å²) in [4.78, 5) is 84.3. The summed E-state index contributed by atoms with van der Waals surface area (Å²) in [5.74, 6) is -1.82. The number of likely N-dealkylation sites (N-methyl/N-ethyl adjacent to an activating group) is 1. The van der Waals surface area contributed by atoms with Crippen LogP contribution >= 0.6 is 92.3 Å². The van der Waals surface area contributed by atoms with E-state index in [1.54, 1.807) is 30.2 Å². The Kier molecular flexibility index (Phi) is 24.0. The van der Waals surface area contributed by atoms with E-state index in [2.05, 4.69) is 66.9 Å². The maximum absolute atomic E-state index is 14.6. The number of urea groups is 1. The lowest BCUT2D eigenvalue weighted by atomic mass is 9.84. The second-order valence-electron chi connectivity index (χ2n) is 19.2. The molecule has 72 heavy (non-hydrogen) atoms. The molecule has 400 valence electrons. The number of aromatic nitrogens is 3. The summed E-state index contributed by atoms with van der Waals surface area (Å²) in [5.41, 5.74) is 9.27. The summed E-state index contributed by atoms with van der Waals surface area (Å²) < 4.78 is 14.2. The van der Waals surface area contributed by atoms with E-state index in [0.717, 1.165) is 44.7 Å². The van der Waals surface area contributed by atoms with Crippen LogP contribution in [-0.4, -0.2) is 135 Å². The molecule has 0 saturated carbocycles. The van der Waals surface area contributed by atoms with Crippen LogP contribution in [0.4, 0.5) is 4.79 Å². The molecule has 0 unspecified atom stereocenters. The van der Waals surface area contributed by atoms with Crippen LogP contribution in [-0.2, 0) is 48.0 Å². The number of hydrogen-bond donors (Lipinski definition) is 2. The third kappa shape index (κ3) is 12.7. The van der Waals surface area contributed by atoms with Gasteiger partial charge in [0.05, 0.1) is 46.9 Å². The average molecular weight is 1130 g/mol. The summed E-state index contributed by atoms with van der Waals surface area (Å²) in [6.07, 6.45) is 5.14. The zero-order valence-corrected chi connectivity index (χ0v) is 49.2. The normalized spacial score (nSPS) is 20.9. The van der Waals surface area contributed by atoms with Crippen molar-refractivity contribution in [1.29, 1.82) is 0 Å². The standard InChI is InChI=1S/C49H63N9O7S.6H2S/c1-10-41(59)56-21-18-38-39(56)25-57(38)48(63)54(8)43(28(3)4)45(60)52-35-23-40-51-36(26-66-40)30-16-17-37-32(22-30)33(44(55(37)11-2)31-14-12-19-50-42(31)29(5)64-9)24-49(6,7)27-65-47(62)34-15-13-20-58(53-34)46(35)61;;;;;;/h10,12,14,16-17,19,22,26,28-29,34-35,38-39,43,53H,1,11,13,15,18,20-21,23-25,27H2,2-9H3,(H,52,60);6*1H2/t29-,34-,35-,38-,39-,43-;;;;;;/m0....../s1. The predicted molar refractivity (Wildman–Crippen MR) is 314 cm³/mol. The van der Waals surface area contributed by atoms with Crippen molar-refractivity contribution in [2.45, 2.75) is 117 Å². The molecule has 0 spiro atoms. The van der Waals surface area contributed by atoms with Gasteiger partial charge in [0.2, 0.25) is 11.8 Å². The smallest absolute Gasteiger partial charge is 0.324 e. The van der Waals surface area contributed by atoms with Crippen molar-refractivity contribution in [2.24, 2.45) is 11.3 Å². The van der Waals surface area contributed by atoms with E-state index in [1.165, 1.54) is 27.3 Å². The van der Waals surface area contributed by atoms with Crippen LogP contribution in [0.3, 0.4) is 0 Å². The van der Waals surface area contributed by atoms with Crippen molar-refractivity contribution in [2.75, 3.05) is 40.4 Å². The van der Waals surface area contributed by atoms with E-state index in [4.69, 9.17) is 19.4 Å². The van der Waals surface area contributed by atoms with Crippen molar-refractivity contribution in [3.05, 3.63) is 70.8 Å². The highest BCUT2D eigenvalue weighted by Gasteiger charge is 2.52. The van der Waals surface area contributed by atoms with Gasteiger partial charge in [0.1, 0.15) is 18.1 Å². The summed E-state index contributed by atoms with van der Waals surface area (Å²) in [5, 5.41) is 8.12. The number of nitrogens with zero attached hydrogens (tertiary/aromatic N) is 7. The molecule has 1 aromatic carbocycles. The first kappa shape index (κ1) is 64.6.